The van der Waals surface area contributed by atoms with Crippen molar-refractivity contribution < 1.29 is 4.57 Å². The second-order valence-corrected chi connectivity index (χ2v) is 18.6. The molecule has 3 heteroatoms. The van der Waals surface area contributed by atoms with E-state index in [2.05, 4.69) is 211 Å². The van der Waals surface area contributed by atoms with E-state index in [1.807, 2.05) is 12.1 Å². The van der Waals surface area contributed by atoms with E-state index in [0.29, 0.717) is 6.42 Å². The van der Waals surface area contributed by atoms with Crippen LogP contribution in [-0.2, 0) is 4.57 Å². The summed E-state index contributed by atoms with van der Waals surface area (Å²) in [7, 11) is -3.35. The zero-order chi connectivity index (χ0) is 39.8. The highest BCUT2D eigenvalue weighted by Crippen LogP contribution is 2.60. The van der Waals surface area contributed by atoms with Crippen molar-refractivity contribution in [2.24, 2.45) is 0 Å². The summed E-state index contributed by atoms with van der Waals surface area (Å²) in [5.74, 6) is 0. The fourth-order valence-electron chi connectivity index (χ4n) is 9.96. The van der Waals surface area contributed by atoms with E-state index in [-0.39, 0.29) is 0 Å². The summed E-state index contributed by atoms with van der Waals surface area (Å²) >= 11 is 0. The minimum Gasteiger partial charge on any atom is -0.309 e. The number of hydrogen-bond acceptors (Lipinski definition) is 1. The number of rotatable bonds is 4. The zero-order valence-electron chi connectivity index (χ0n) is 32.8. The molecule has 0 radical (unpaired) electrons. The number of para-hydroxylation sites is 1. The van der Waals surface area contributed by atoms with Crippen LogP contribution in [0.1, 0.15) is 12.0 Å². The van der Waals surface area contributed by atoms with Gasteiger partial charge in [-0.25, -0.2) is 0 Å². The molecule has 1 aromatic heterocycles. The summed E-state index contributed by atoms with van der Waals surface area (Å²) in [4.78, 5) is 0. The minimum absolute atomic E-state index is 0.588. The van der Waals surface area contributed by atoms with E-state index in [9.17, 15) is 0 Å². The predicted octanol–water partition coefficient (Wildman–Crippen LogP) is 14.6. The Hall–Kier alpha value is -7.25. The van der Waals surface area contributed by atoms with Gasteiger partial charge in [-0.05, 0) is 90.8 Å². The summed E-state index contributed by atoms with van der Waals surface area (Å²) in [5, 5.41) is 11.5. The molecule has 60 heavy (non-hydrogen) atoms. The van der Waals surface area contributed by atoms with Gasteiger partial charge in [-0.1, -0.05) is 194 Å². The van der Waals surface area contributed by atoms with Crippen molar-refractivity contribution in [1.29, 1.82) is 0 Å². The number of hydrogen-bond donors (Lipinski definition) is 0. The third kappa shape index (κ3) is 5.18. The van der Waals surface area contributed by atoms with Crippen LogP contribution < -0.4 is 10.6 Å². The van der Waals surface area contributed by atoms with Crippen LogP contribution >= 0.6 is 7.14 Å². The molecular weight excluding hydrogens is 746 g/mol. The number of benzene rings is 9. The lowest BCUT2D eigenvalue weighted by molar-refractivity contribution is 0.590. The Balaban J connectivity index is 1.04. The van der Waals surface area contributed by atoms with Gasteiger partial charge in [-0.15, -0.1) is 0 Å². The smallest absolute Gasteiger partial charge is 0.168 e. The molecule has 0 spiro atoms. The third-order valence-corrected chi connectivity index (χ3v) is 16.0. The maximum atomic E-state index is 16.5. The first-order valence-electron chi connectivity index (χ1n) is 20.7. The Morgan fingerprint density at radius 2 is 1.00 bits per heavy atom. The number of fused-ring (bicyclic) bond motifs is 13. The second-order valence-electron chi connectivity index (χ2n) is 15.9. The number of allylic oxidation sites excluding steroid dienone is 6. The zero-order valence-corrected chi connectivity index (χ0v) is 33.7. The summed E-state index contributed by atoms with van der Waals surface area (Å²) < 4.78 is 18.9. The summed E-state index contributed by atoms with van der Waals surface area (Å²) in [6.07, 6.45) is 9.17. The highest BCUT2D eigenvalue weighted by molar-refractivity contribution is 7.83. The van der Waals surface area contributed by atoms with Crippen molar-refractivity contribution in [3.8, 4) is 39.2 Å². The summed E-state index contributed by atoms with van der Waals surface area (Å²) in [6.45, 7) is 0. The van der Waals surface area contributed by atoms with E-state index in [0.717, 1.165) is 71.6 Å². The van der Waals surface area contributed by atoms with Gasteiger partial charge >= 0.3 is 0 Å². The van der Waals surface area contributed by atoms with Crippen molar-refractivity contribution >= 4 is 66.5 Å². The molecule has 0 bridgehead atoms. The monoisotopic (exact) mass is 783 g/mol. The number of aromatic nitrogens is 1. The van der Waals surface area contributed by atoms with Crippen molar-refractivity contribution in [3.05, 3.63) is 229 Å². The molecule has 0 saturated carbocycles. The van der Waals surface area contributed by atoms with Gasteiger partial charge in [0.2, 0.25) is 0 Å². The van der Waals surface area contributed by atoms with E-state index >= 15 is 4.57 Å². The van der Waals surface area contributed by atoms with E-state index in [4.69, 9.17) is 0 Å². The fourth-order valence-corrected chi connectivity index (χ4v) is 13.1. The van der Waals surface area contributed by atoms with Crippen LogP contribution in [0.2, 0.25) is 0 Å². The number of nitrogens with zero attached hydrogens (tertiary/aromatic N) is 1. The van der Waals surface area contributed by atoms with E-state index in [1.54, 1.807) is 0 Å². The average molecular weight is 784 g/mol. The van der Waals surface area contributed by atoms with Crippen LogP contribution in [0.5, 0.6) is 0 Å². The Morgan fingerprint density at radius 1 is 0.450 bits per heavy atom. The van der Waals surface area contributed by atoms with Gasteiger partial charge in [-0.2, -0.15) is 0 Å². The Bertz CT molecular complexity index is 3490. The minimum atomic E-state index is -3.35. The molecule has 0 amide bonds. The summed E-state index contributed by atoms with van der Waals surface area (Å²) in [5.41, 5.74) is 11.0. The van der Waals surface area contributed by atoms with E-state index in [1.165, 1.54) is 37.9 Å². The molecule has 1 atom stereocenters. The maximum absolute atomic E-state index is 16.5. The van der Waals surface area contributed by atoms with Crippen LogP contribution in [0.4, 0.5) is 0 Å². The molecule has 0 saturated heterocycles. The van der Waals surface area contributed by atoms with Crippen LogP contribution in [0.3, 0.4) is 0 Å². The van der Waals surface area contributed by atoms with Crippen molar-refractivity contribution in [2.45, 2.75) is 6.42 Å². The molecular formula is C57H38NOP. The average Bonchev–Trinajstić information content (AvgIpc) is 3.41. The van der Waals surface area contributed by atoms with Crippen LogP contribution in [-0.4, -0.2) is 4.57 Å². The lowest BCUT2D eigenvalue weighted by atomic mass is 9.92. The predicted molar refractivity (Wildman–Crippen MR) is 255 cm³/mol. The molecule has 9 aromatic carbocycles. The molecule has 1 aliphatic carbocycles. The quantitative estimate of drug-likeness (QED) is 0.129. The van der Waals surface area contributed by atoms with Crippen LogP contribution in [0.15, 0.2) is 224 Å². The molecule has 12 rings (SSSR count). The van der Waals surface area contributed by atoms with Gasteiger partial charge < -0.3 is 9.13 Å². The topological polar surface area (TPSA) is 22.0 Å². The first kappa shape index (κ1) is 34.8. The molecule has 2 nitrogen and oxygen atoms in total. The second kappa shape index (κ2) is 13.7. The van der Waals surface area contributed by atoms with Crippen molar-refractivity contribution in [1.82, 2.24) is 4.57 Å². The van der Waals surface area contributed by atoms with Gasteiger partial charge in [0.15, 0.2) is 7.14 Å². The molecule has 0 N–H and O–H groups in total. The lowest BCUT2D eigenvalue weighted by Crippen LogP contribution is -2.19. The third-order valence-electron chi connectivity index (χ3n) is 12.7. The van der Waals surface area contributed by atoms with Crippen LogP contribution in [0.25, 0.3) is 88.0 Å². The van der Waals surface area contributed by atoms with Gasteiger partial charge in [0.1, 0.15) is 0 Å². The SMILES string of the molecule is O=P1(C2=CC=CC(c3ccccc3)=CC2)c2ccccc2-c2c(n(-c3ccc(-c4ccc5c6ccccc6c6ccccc6c5c4)cc3)c3ccccc23)-c2ccccc21. The normalized spacial score (nSPS) is 15.9. The van der Waals surface area contributed by atoms with Gasteiger partial charge in [0.05, 0.1) is 11.2 Å². The first-order chi connectivity index (χ1) is 29.7. The largest absolute Gasteiger partial charge is 0.309 e. The molecule has 1 aliphatic heterocycles. The van der Waals surface area contributed by atoms with Gasteiger partial charge in [0.25, 0.3) is 0 Å². The Labute approximate surface area is 349 Å². The molecule has 282 valence electrons. The van der Waals surface area contributed by atoms with Gasteiger partial charge in [0, 0.05) is 38.1 Å². The summed E-state index contributed by atoms with van der Waals surface area (Å²) in [6, 6.07) is 69.4. The van der Waals surface area contributed by atoms with Crippen molar-refractivity contribution in [3.63, 3.8) is 0 Å². The standard InChI is InChI=1S/C57H38NOP/c59-60(43-18-14-17-39(31-35-43)38-15-2-1-3-16-38)54-27-12-9-24-50(54)56-49-23-8-11-26-53(49)58(57(56)51-25-10-13-28-55(51)60)42-33-29-40(30-34-42)41-32-36-48-46-21-5-4-19-44(46)45-20-6-7-22-47(45)52(48)37-41/h1-34,36-37H,35H2. The molecule has 0 fully saturated rings. The molecule has 10 aromatic rings. The maximum Gasteiger partial charge on any atom is 0.168 e. The first-order valence-corrected chi connectivity index (χ1v) is 22.4. The molecule has 2 aliphatic rings. The Kier molecular flexibility index (Phi) is 7.92. The molecule has 2 heterocycles. The highest BCUT2D eigenvalue weighted by atomic mass is 31.2. The highest BCUT2D eigenvalue weighted by Gasteiger charge is 2.40. The molecule has 1 unspecified atom stereocenters. The Morgan fingerprint density at radius 3 is 1.72 bits per heavy atom. The van der Waals surface area contributed by atoms with Crippen LogP contribution in [0, 0.1) is 0 Å². The van der Waals surface area contributed by atoms with Gasteiger partial charge in [-0.3, -0.25) is 0 Å². The fraction of sp³-hybridized carbons (Fsp3) is 0.0175. The lowest BCUT2D eigenvalue weighted by Gasteiger charge is -2.24. The van der Waals surface area contributed by atoms with Crippen molar-refractivity contribution in [2.75, 3.05) is 0 Å². The van der Waals surface area contributed by atoms with E-state index < -0.39 is 7.14 Å².